The Bertz CT molecular complexity index is 586. The first-order chi connectivity index (χ1) is 8.69. The summed E-state index contributed by atoms with van der Waals surface area (Å²) in [6.07, 6.45) is 1.70. The molecule has 0 aliphatic carbocycles. The molecule has 0 atom stereocenters. The highest BCUT2D eigenvalue weighted by Gasteiger charge is 2.03. The fourth-order valence-corrected chi connectivity index (χ4v) is 1.77. The first-order valence-electron chi connectivity index (χ1n) is 5.61. The normalized spacial score (nSPS) is 9.78. The molecule has 2 aromatic rings. The maximum atomic E-state index is 8.88. The van der Waals surface area contributed by atoms with Crippen LogP contribution in [0.4, 0.5) is 11.5 Å². The summed E-state index contributed by atoms with van der Waals surface area (Å²) >= 11 is 0. The van der Waals surface area contributed by atoms with Crippen molar-refractivity contribution >= 4 is 11.5 Å². The van der Waals surface area contributed by atoms with Gasteiger partial charge in [-0.25, -0.2) is 4.98 Å². The molecule has 2 N–H and O–H groups in total. The minimum atomic E-state index is 0.520. The van der Waals surface area contributed by atoms with Gasteiger partial charge in [-0.1, -0.05) is 6.07 Å². The van der Waals surface area contributed by atoms with E-state index in [2.05, 4.69) is 16.0 Å². The number of nitriles is 1. The monoisotopic (exact) mass is 238 g/mol. The van der Waals surface area contributed by atoms with Gasteiger partial charge in [-0.3, -0.25) is 0 Å². The molecule has 18 heavy (non-hydrogen) atoms. The van der Waals surface area contributed by atoms with E-state index in [4.69, 9.17) is 11.0 Å². The quantitative estimate of drug-likeness (QED) is 0.890. The summed E-state index contributed by atoms with van der Waals surface area (Å²) in [7, 11) is 1.98. The first kappa shape index (κ1) is 11.9. The van der Waals surface area contributed by atoms with Gasteiger partial charge in [0, 0.05) is 25.5 Å². The van der Waals surface area contributed by atoms with E-state index in [0.29, 0.717) is 11.4 Å². The van der Waals surface area contributed by atoms with Crippen molar-refractivity contribution in [1.82, 2.24) is 4.98 Å². The highest BCUT2D eigenvalue weighted by Crippen LogP contribution is 2.17. The zero-order chi connectivity index (χ0) is 13.0. The predicted octanol–water partition coefficient (Wildman–Crippen LogP) is 2.17. The molecule has 1 aromatic carbocycles. The number of aromatic nitrogens is 1. The summed E-state index contributed by atoms with van der Waals surface area (Å²) in [6.45, 7) is 0.724. The van der Waals surface area contributed by atoms with Crippen LogP contribution < -0.4 is 10.6 Å². The van der Waals surface area contributed by atoms with Crippen LogP contribution in [0.3, 0.4) is 0 Å². The predicted molar refractivity (Wildman–Crippen MR) is 71.9 cm³/mol. The van der Waals surface area contributed by atoms with E-state index >= 15 is 0 Å². The molecule has 0 radical (unpaired) electrons. The summed E-state index contributed by atoms with van der Waals surface area (Å²) in [5.74, 6) is 0.520. The van der Waals surface area contributed by atoms with Gasteiger partial charge < -0.3 is 10.6 Å². The van der Waals surface area contributed by atoms with Gasteiger partial charge in [0.05, 0.1) is 11.6 Å². The molecule has 4 heteroatoms. The van der Waals surface area contributed by atoms with E-state index in [9.17, 15) is 0 Å². The molecule has 1 heterocycles. The maximum Gasteiger partial charge on any atom is 0.123 e. The third-order valence-electron chi connectivity index (χ3n) is 2.68. The van der Waals surface area contributed by atoms with E-state index in [0.717, 1.165) is 17.8 Å². The molecule has 0 spiro atoms. The van der Waals surface area contributed by atoms with Crippen LogP contribution >= 0.6 is 0 Å². The van der Waals surface area contributed by atoms with Crippen LogP contribution in [0, 0.1) is 11.3 Å². The lowest BCUT2D eigenvalue weighted by Crippen LogP contribution is -2.16. The largest absolute Gasteiger partial charge is 0.384 e. The minimum absolute atomic E-state index is 0.520. The van der Waals surface area contributed by atoms with Gasteiger partial charge in [-0.15, -0.1) is 0 Å². The molecule has 1 aromatic heterocycles. The molecule has 0 bridgehead atoms. The van der Waals surface area contributed by atoms with Gasteiger partial charge in [-0.2, -0.15) is 5.26 Å². The fraction of sp³-hybridized carbons (Fsp3) is 0.143. The molecule has 4 nitrogen and oxygen atoms in total. The zero-order valence-corrected chi connectivity index (χ0v) is 10.2. The number of nitrogens with zero attached hydrogens (tertiary/aromatic N) is 3. The lowest BCUT2D eigenvalue weighted by molar-refractivity contribution is 0.920. The van der Waals surface area contributed by atoms with Crippen LogP contribution in [0.25, 0.3) is 0 Å². The molecule has 2 rings (SSSR count). The van der Waals surface area contributed by atoms with Gasteiger partial charge >= 0.3 is 0 Å². The number of hydrogen-bond donors (Lipinski definition) is 1. The second-order valence-corrected chi connectivity index (χ2v) is 4.11. The first-order valence-corrected chi connectivity index (χ1v) is 5.61. The Morgan fingerprint density at radius 1 is 1.33 bits per heavy atom. The Hall–Kier alpha value is -2.54. The number of anilines is 2. The lowest BCUT2D eigenvalue weighted by Gasteiger charge is -2.19. The molecular formula is C14H14N4. The molecule has 0 saturated carbocycles. The summed E-state index contributed by atoms with van der Waals surface area (Å²) in [5.41, 5.74) is 8.40. The Morgan fingerprint density at radius 2 is 2.17 bits per heavy atom. The van der Waals surface area contributed by atoms with Crippen molar-refractivity contribution in [2.24, 2.45) is 0 Å². The number of pyridine rings is 1. The number of rotatable bonds is 3. The van der Waals surface area contributed by atoms with E-state index in [1.807, 2.05) is 37.4 Å². The third kappa shape index (κ3) is 2.77. The molecule has 0 amide bonds. The standard InChI is InChI=1S/C14H14N4/c1-18(10-12-5-6-17-14(16)8-12)13-4-2-3-11(7-13)9-15/h2-8H,10H2,1H3,(H2,16,17). The van der Waals surface area contributed by atoms with E-state index in [-0.39, 0.29) is 0 Å². The number of nitrogens with two attached hydrogens (primary N) is 1. The van der Waals surface area contributed by atoms with Crippen molar-refractivity contribution in [3.05, 3.63) is 53.7 Å². The molecule has 0 aliphatic heterocycles. The Kier molecular flexibility index (Phi) is 3.44. The van der Waals surface area contributed by atoms with E-state index in [1.165, 1.54) is 0 Å². The molecule has 0 unspecified atom stereocenters. The Labute approximate surface area is 106 Å². The zero-order valence-electron chi connectivity index (χ0n) is 10.2. The van der Waals surface area contributed by atoms with E-state index in [1.54, 1.807) is 12.3 Å². The molecular weight excluding hydrogens is 224 g/mol. The highest BCUT2D eigenvalue weighted by molar-refractivity contribution is 5.51. The SMILES string of the molecule is CN(Cc1ccnc(N)c1)c1cccc(C#N)c1. The summed E-state index contributed by atoms with van der Waals surface area (Å²) < 4.78 is 0. The second kappa shape index (κ2) is 5.19. The maximum absolute atomic E-state index is 8.88. The van der Waals surface area contributed by atoms with Crippen LogP contribution in [0.1, 0.15) is 11.1 Å². The molecule has 0 aliphatic rings. The molecule has 0 fully saturated rings. The minimum Gasteiger partial charge on any atom is -0.384 e. The van der Waals surface area contributed by atoms with E-state index < -0.39 is 0 Å². The van der Waals surface area contributed by atoms with Gasteiger partial charge in [0.2, 0.25) is 0 Å². The topological polar surface area (TPSA) is 65.9 Å². The number of nitrogen functional groups attached to an aromatic ring is 1. The second-order valence-electron chi connectivity index (χ2n) is 4.11. The highest BCUT2D eigenvalue weighted by atomic mass is 15.1. The van der Waals surface area contributed by atoms with Crippen LogP contribution in [0.2, 0.25) is 0 Å². The number of benzene rings is 1. The summed E-state index contributed by atoms with van der Waals surface area (Å²) in [5, 5.41) is 8.88. The summed E-state index contributed by atoms with van der Waals surface area (Å²) in [6, 6.07) is 13.4. The van der Waals surface area contributed by atoms with Gasteiger partial charge in [0.15, 0.2) is 0 Å². The molecule has 90 valence electrons. The van der Waals surface area contributed by atoms with Crippen molar-refractivity contribution in [1.29, 1.82) is 5.26 Å². The molecule has 0 saturated heterocycles. The van der Waals surface area contributed by atoms with Crippen LogP contribution in [0.5, 0.6) is 0 Å². The van der Waals surface area contributed by atoms with Crippen molar-refractivity contribution in [2.45, 2.75) is 6.54 Å². The Balaban J connectivity index is 2.17. The average Bonchev–Trinajstić information content (AvgIpc) is 2.39. The smallest absolute Gasteiger partial charge is 0.123 e. The van der Waals surface area contributed by atoms with Crippen LogP contribution in [-0.4, -0.2) is 12.0 Å². The number of hydrogen-bond acceptors (Lipinski definition) is 4. The van der Waals surface area contributed by atoms with Crippen molar-refractivity contribution in [2.75, 3.05) is 17.7 Å². The van der Waals surface area contributed by atoms with Gasteiger partial charge in [0.1, 0.15) is 5.82 Å². The van der Waals surface area contributed by atoms with Gasteiger partial charge in [-0.05, 0) is 35.9 Å². The van der Waals surface area contributed by atoms with Crippen LogP contribution in [0.15, 0.2) is 42.6 Å². The van der Waals surface area contributed by atoms with Crippen molar-refractivity contribution in [3.63, 3.8) is 0 Å². The van der Waals surface area contributed by atoms with Gasteiger partial charge in [0.25, 0.3) is 0 Å². The Morgan fingerprint density at radius 3 is 2.89 bits per heavy atom. The van der Waals surface area contributed by atoms with Crippen LogP contribution in [-0.2, 0) is 6.54 Å². The summed E-state index contributed by atoms with van der Waals surface area (Å²) in [4.78, 5) is 6.03. The third-order valence-corrected chi connectivity index (χ3v) is 2.68. The van der Waals surface area contributed by atoms with Crippen molar-refractivity contribution < 1.29 is 0 Å². The average molecular weight is 238 g/mol. The fourth-order valence-electron chi connectivity index (χ4n) is 1.77. The lowest BCUT2D eigenvalue weighted by atomic mass is 10.2. The van der Waals surface area contributed by atoms with Crippen molar-refractivity contribution in [3.8, 4) is 6.07 Å².